The largest absolute Gasteiger partial charge is 0.341 e. The maximum absolute atomic E-state index is 12.1. The smallest absolute Gasteiger partial charge is 0.240 e. The average Bonchev–Trinajstić information content (AvgIpc) is 2.85. The zero-order valence-corrected chi connectivity index (χ0v) is 9.81. The van der Waals surface area contributed by atoms with Crippen LogP contribution >= 0.6 is 11.8 Å². The van der Waals surface area contributed by atoms with Crippen molar-refractivity contribution in [2.75, 3.05) is 24.7 Å². The highest BCUT2D eigenvalue weighted by Gasteiger charge is 2.45. The van der Waals surface area contributed by atoms with Gasteiger partial charge in [0.2, 0.25) is 5.91 Å². The fourth-order valence-corrected chi connectivity index (χ4v) is 3.92. The first-order valence-electron chi connectivity index (χ1n) is 5.89. The molecule has 2 saturated heterocycles. The lowest BCUT2D eigenvalue weighted by Crippen LogP contribution is -2.45. The Morgan fingerprint density at radius 1 is 1.40 bits per heavy atom. The molecule has 0 radical (unpaired) electrons. The summed E-state index contributed by atoms with van der Waals surface area (Å²) in [6.45, 7) is 2.04. The maximum Gasteiger partial charge on any atom is 0.240 e. The Labute approximate surface area is 95.0 Å². The van der Waals surface area contributed by atoms with Crippen molar-refractivity contribution in [3.8, 4) is 0 Å². The highest BCUT2D eigenvalue weighted by molar-refractivity contribution is 7.99. The zero-order valence-electron chi connectivity index (χ0n) is 9.00. The third-order valence-electron chi connectivity index (χ3n) is 4.18. The van der Waals surface area contributed by atoms with Gasteiger partial charge in [-0.15, -0.1) is 11.8 Å². The van der Waals surface area contributed by atoms with Crippen molar-refractivity contribution < 1.29 is 4.79 Å². The van der Waals surface area contributed by atoms with Crippen molar-refractivity contribution in [3.05, 3.63) is 0 Å². The Morgan fingerprint density at radius 3 is 2.80 bits per heavy atom. The van der Waals surface area contributed by atoms with Crippen LogP contribution in [0.4, 0.5) is 0 Å². The van der Waals surface area contributed by atoms with Crippen molar-refractivity contribution in [1.29, 1.82) is 0 Å². The summed E-state index contributed by atoms with van der Waals surface area (Å²) in [4.78, 5) is 14.2. The first kappa shape index (κ1) is 9.97. The van der Waals surface area contributed by atoms with Gasteiger partial charge in [-0.1, -0.05) is 6.42 Å². The standard InChI is InChI=1S/C11H18N2OS/c14-10(9-6-15-8-12-9)13-5-4-11(7-13)2-1-3-11/h9,12H,1-8H2/t9-/m1/s1. The number of carbonyl (C=O) groups excluding carboxylic acids is 1. The number of likely N-dealkylation sites (tertiary alicyclic amines) is 1. The van der Waals surface area contributed by atoms with Gasteiger partial charge in [0.25, 0.3) is 0 Å². The number of hydrogen-bond donors (Lipinski definition) is 1. The van der Waals surface area contributed by atoms with E-state index in [9.17, 15) is 4.79 Å². The zero-order chi connectivity index (χ0) is 10.3. The minimum atomic E-state index is 0.102. The van der Waals surface area contributed by atoms with Crippen molar-refractivity contribution in [2.24, 2.45) is 5.41 Å². The van der Waals surface area contributed by atoms with Crippen LogP contribution in [0, 0.1) is 5.41 Å². The number of carbonyl (C=O) groups is 1. The molecule has 3 fully saturated rings. The van der Waals surface area contributed by atoms with Crippen LogP contribution in [-0.4, -0.2) is 41.6 Å². The molecule has 3 rings (SSSR count). The van der Waals surface area contributed by atoms with Gasteiger partial charge in [-0.3, -0.25) is 10.1 Å². The van der Waals surface area contributed by atoms with Crippen LogP contribution < -0.4 is 5.32 Å². The number of rotatable bonds is 1. The van der Waals surface area contributed by atoms with Gasteiger partial charge in [-0.05, 0) is 24.7 Å². The number of hydrogen-bond acceptors (Lipinski definition) is 3. The topological polar surface area (TPSA) is 32.3 Å². The van der Waals surface area contributed by atoms with Crippen LogP contribution in [0.3, 0.4) is 0 Å². The quantitative estimate of drug-likeness (QED) is 0.725. The van der Waals surface area contributed by atoms with Gasteiger partial charge in [0.05, 0.1) is 6.04 Å². The highest BCUT2D eigenvalue weighted by atomic mass is 32.2. The summed E-state index contributed by atoms with van der Waals surface area (Å²) < 4.78 is 0. The average molecular weight is 226 g/mol. The van der Waals surface area contributed by atoms with Gasteiger partial charge in [0, 0.05) is 24.7 Å². The lowest BCUT2D eigenvalue weighted by atomic mass is 9.68. The summed E-state index contributed by atoms with van der Waals surface area (Å²) in [7, 11) is 0. The Hall–Kier alpha value is -0.220. The molecule has 1 saturated carbocycles. The first-order valence-corrected chi connectivity index (χ1v) is 7.05. The molecular weight excluding hydrogens is 208 g/mol. The lowest BCUT2D eigenvalue weighted by Gasteiger charge is -2.38. The molecule has 0 aromatic heterocycles. The van der Waals surface area contributed by atoms with Crippen LogP contribution in [0.15, 0.2) is 0 Å². The van der Waals surface area contributed by atoms with E-state index >= 15 is 0 Å². The molecule has 1 spiro atoms. The Morgan fingerprint density at radius 2 is 2.27 bits per heavy atom. The second-order valence-electron chi connectivity index (χ2n) is 5.14. The van der Waals surface area contributed by atoms with Gasteiger partial charge in [-0.25, -0.2) is 0 Å². The molecule has 3 aliphatic rings. The highest BCUT2D eigenvalue weighted by Crippen LogP contribution is 2.48. The van der Waals surface area contributed by atoms with Crippen LogP contribution in [0.25, 0.3) is 0 Å². The fraction of sp³-hybridized carbons (Fsp3) is 0.909. The van der Waals surface area contributed by atoms with Gasteiger partial charge in [-0.2, -0.15) is 0 Å². The van der Waals surface area contributed by atoms with E-state index in [-0.39, 0.29) is 6.04 Å². The van der Waals surface area contributed by atoms with Gasteiger partial charge >= 0.3 is 0 Å². The van der Waals surface area contributed by atoms with Gasteiger partial charge in [0.15, 0.2) is 0 Å². The molecule has 3 nitrogen and oxygen atoms in total. The molecule has 1 aliphatic carbocycles. The van der Waals surface area contributed by atoms with E-state index < -0.39 is 0 Å². The molecule has 0 unspecified atom stereocenters. The molecule has 1 N–H and O–H groups in total. The predicted octanol–water partition coefficient (Wildman–Crippen LogP) is 1.05. The summed E-state index contributed by atoms with van der Waals surface area (Å²) in [6, 6.07) is 0.102. The number of nitrogens with zero attached hydrogens (tertiary/aromatic N) is 1. The fourth-order valence-electron chi connectivity index (χ4n) is 2.98. The normalized spacial score (nSPS) is 33.3. The van der Waals surface area contributed by atoms with Crippen LogP contribution in [0.5, 0.6) is 0 Å². The third-order valence-corrected chi connectivity index (χ3v) is 5.12. The van der Waals surface area contributed by atoms with Crippen molar-refractivity contribution in [2.45, 2.75) is 31.7 Å². The summed E-state index contributed by atoms with van der Waals surface area (Å²) in [5, 5.41) is 3.27. The minimum absolute atomic E-state index is 0.102. The van der Waals surface area contributed by atoms with E-state index in [1.807, 2.05) is 11.8 Å². The molecule has 0 aromatic carbocycles. The predicted molar refractivity (Wildman–Crippen MR) is 61.7 cm³/mol. The van der Waals surface area contributed by atoms with E-state index in [1.165, 1.54) is 25.7 Å². The Balaban J connectivity index is 1.61. The van der Waals surface area contributed by atoms with Gasteiger partial charge < -0.3 is 4.90 Å². The molecule has 84 valence electrons. The van der Waals surface area contributed by atoms with E-state index in [1.54, 1.807) is 0 Å². The third kappa shape index (κ3) is 1.68. The summed E-state index contributed by atoms with van der Waals surface area (Å²) in [5.41, 5.74) is 0.543. The summed E-state index contributed by atoms with van der Waals surface area (Å²) in [5.74, 6) is 2.25. The SMILES string of the molecule is O=C([C@H]1CSCN1)N1CCC2(CCC2)C1. The van der Waals surface area contributed by atoms with Gasteiger partial charge in [0.1, 0.15) is 0 Å². The van der Waals surface area contributed by atoms with Crippen LogP contribution in [0.1, 0.15) is 25.7 Å². The van der Waals surface area contributed by atoms with E-state index in [4.69, 9.17) is 0 Å². The van der Waals surface area contributed by atoms with Crippen LogP contribution in [-0.2, 0) is 4.79 Å². The summed E-state index contributed by atoms with van der Waals surface area (Å²) in [6.07, 6.45) is 5.32. The van der Waals surface area contributed by atoms with Crippen molar-refractivity contribution in [1.82, 2.24) is 10.2 Å². The second kappa shape index (κ2) is 3.67. The molecule has 0 bridgehead atoms. The Bertz CT molecular complexity index is 272. The molecular formula is C11H18N2OS. The van der Waals surface area contributed by atoms with E-state index in [0.717, 1.165) is 24.7 Å². The molecule has 4 heteroatoms. The maximum atomic E-state index is 12.1. The molecule has 2 heterocycles. The molecule has 1 amide bonds. The minimum Gasteiger partial charge on any atom is -0.341 e. The molecule has 2 aliphatic heterocycles. The first-order chi connectivity index (χ1) is 7.29. The second-order valence-corrected chi connectivity index (χ2v) is 6.17. The molecule has 0 aromatic rings. The lowest BCUT2D eigenvalue weighted by molar-refractivity contribution is -0.132. The van der Waals surface area contributed by atoms with Crippen molar-refractivity contribution >= 4 is 17.7 Å². The number of thioether (sulfide) groups is 1. The molecule has 1 atom stereocenters. The monoisotopic (exact) mass is 226 g/mol. The summed E-state index contributed by atoms with van der Waals surface area (Å²) >= 11 is 1.83. The van der Waals surface area contributed by atoms with Crippen molar-refractivity contribution in [3.63, 3.8) is 0 Å². The Kier molecular flexibility index (Phi) is 2.44. The number of nitrogens with one attached hydrogen (secondary N) is 1. The molecule has 15 heavy (non-hydrogen) atoms. The van der Waals surface area contributed by atoms with E-state index in [0.29, 0.717) is 11.3 Å². The number of amides is 1. The van der Waals surface area contributed by atoms with Crippen LogP contribution in [0.2, 0.25) is 0 Å². The van der Waals surface area contributed by atoms with E-state index in [2.05, 4.69) is 10.2 Å².